The van der Waals surface area contributed by atoms with Gasteiger partial charge < -0.3 is 5.11 Å². The van der Waals surface area contributed by atoms with Crippen LogP contribution in [0.25, 0.3) is 0 Å². The van der Waals surface area contributed by atoms with Gasteiger partial charge in [-0.3, -0.25) is 0 Å². The molecule has 2 N–H and O–H groups in total. The molecule has 1 unspecified atom stereocenters. The Labute approximate surface area is 109 Å². The van der Waals surface area contributed by atoms with E-state index in [0.717, 1.165) is 24.2 Å². The molecule has 0 aromatic carbocycles. The highest BCUT2D eigenvalue weighted by atomic mass is 35.5. The first-order chi connectivity index (χ1) is 7.90. The molecule has 5 nitrogen and oxygen atoms in total. The van der Waals surface area contributed by atoms with Gasteiger partial charge >= 0.3 is 0 Å². The van der Waals surface area contributed by atoms with E-state index in [1.165, 1.54) is 0 Å². The van der Waals surface area contributed by atoms with Gasteiger partial charge in [0.15, 0.2) is 8.68 Å². The van der Waals surface area contributed by atoms with Gasteiger partial charge in [0.2, 0.25) is 0 Å². The summed E-state index contributed by atoms with van der Waals surface area (Å²) in [5, 5.41) is 9.61. The van der Waals surface area contributed by atoms with E-state index in [1.807, 2.05) is 0 Å². The summed E-state index contributed by atoms with van der Waals surface area (Å²) in [6.07, 6.45) is 1.33. The van der Waals surface area contributed by atoms with Crippen LogP contribution in [0.5, 0.6) is 0 Å². The smallest absolute Gasteiger partial charge is 0.252 e. The highest BCUT2D eigenvalue weighted by Crippen LogP contribution is 2.32. The molecule has 2 rings (SSSR count). The minimum Gasteiger partial charge on any atom is -0.391 e. The summed E-state index contributed by atoms with van der Waals surface area (Å²) in [5.41, 5.74) is 0.383. The van der Waals surface area contributed by atoms with Crippen LogP contribution in [-0.4, -0.2) is 31.2 Å². The number of halogens is 1. The van der Waals surface area contributed by atoms with Gasteiger partial charge in [-0.2, -0.15) is 0 Å². The van der Waals surface area contributed by atoms with Crippen molar-refractivity contribution in [2.24, 2.45) is 5.92 Å². The number of hydrogen-bond donors (Lipinski definition) is 2. The molecule has 1 saturated carbocycles. The molecule has 0 amide bonds. The summed E-state index contributed by atoms with van der Waals surface area (Å²) in [4.78, 5) is 3.85. The van der Waals surface area contributed by atoms with Crippen molar-refractivity contribution >= 4 is 33.0 Å². The van der Waals surface area contributed by atoms with Gasteiger partial charge in [-0.1, -0.05) is 22.9 Å². The first-order valence-corrected chi connectivity index (χ1v) is 7.88. The Morgan fingerprint density at radius 2 is 2.29 bits per heavy atom. The normalized spacial score (nSPS) is 18.3. The van der Waals surface area contributed by atoms with E-state index in [-0.39, 0.29) is 21.1 Å². The van der Waals surface area contributed by atoms with Gasteiger partial charge in [0.1, 0.15) is 0 Å². The van der Waals surface area contributed by atoms with Crippen LogP contribution in [0, 0.1) is 12.8 Å². The maximum absolute atomic E-state index is 11.9. The molecule has 0 radical (unpaired) electrons. The van der Waals surface area contributed by atoms with Crippen LogP contribution in [0.2, 0.25) is 4.47 Å². The van der Waals surface area contributed by atoms with Crippen LogP contribution in [0.3, 0.4) is 0 Å². The van der Waals surface area contributed by atoms with Gasteiger partial charge in [0, 0.05) is 6.54 Å². The minimum atomic E-state index is -3.61. The van der Waals surface area contributed by atoms with E-state index in [0.29, 0.717) is 5.69 Å². The first-order valence-electron chi connectivity index (χ1n) is 5.21. The third-order valence-corrected chi connectivity index (χ3v) is 5.92. The van der Waals surface area contributed by atoms with E-state index in [9.17, 15) is 13.5 Å². The predicted molar refractivity (Wildman–Crippen MR) is 65.8 cm³/mol. The molecule has 1 fully saturated rings. The molecular weight excluding hydrogens is 284 g/mol. The summed E-state index contributed by atoms with van der Waals surface area (Å²) in [6, 6.07) is 0. The van der Waals surface area contributed by atoms with Crippen LogP contribution in [0.1, 0.15) is 18.5 Å². The Bertz CT molecular complexity index is 510. The highest BCUT2D eigenvalue weighted by molar-refractivity contribution is 7.91. The molecule has 0 saturated heterocycles. The molecule has 1 aromatic rings. The lowest BCUT2D eigenvalue weighted by atomic mass is 10.2. The lowest BCUT2D eigenvalue weighted by Crippen LogP contribution is -2.33. The molecule has 17 heavy (non-hydrogen) atoms. The Hall–Kier alpha value is -0.210. The molecule has 1 atom stereocenters. The molecule has 1 aliphatic carbocycles. The van der Waals surface area contributed by atoms with Crippen molar-refractivity contribution in [1.82, 2.24) is 9.71 Å². The van der Waals surface area contributed by atoms with Gasteiger partial charge in [0.05, 0.1) is 11.8 Å². The number of thiazole rings is 1. The number of nitrogens with one attached hydrogen (secondary N) is 1. The second-order valence-corrected chi connectivity index (χ2v) is 7.64. The molecule has 0 spiro atoms. The second-order valence-electron chi connectivity index (χ2n) is 4.10. The predicted octanol–water partition coefficient (Wildman–Crippen LogP) is 1.15. The fraction of sp³-hybridized carbons (Fsp3) is 0.667. The van der Waals surface area contributed by atoms with E-state index in [2.05, 4.69) is 9.71 Å². The van der Waals surface area contributed by atoms with Crippen LogP contribution in [0.4, 0.5) is 0 Å². The fourth-order valence-electron chi connectivity index (χ4n) is 1.51. The monoisotopic (exact) mass is 296 g/mol. The minimum absolute atomic E-state index is 0.0436. The summed E-state index contributed by atoms with van der Waals surface area (Å²) in [5.74, 6) is 0.240. The number of aromatic nitrogens is 1. The maximum Gasteiger partial charge on any atom is 0.252 e. The molecule has 0 aliphatic heterocycles. The van der Waals surface area contributed by atoms with Crippen LogP contribution in [-0.2, 0) is 10.0 Å². The fourth-order valence-corrected chi connectivity index (χ4v) is 4.34. The second kappa shape index (κ2) is 4.81. The van der Waals surface area contributed by atoms with E-state index >= 15 is 0 Å². The van der Waals surface area contributed by atoms with E-state index < -0.39 is 16.1 Å². The Balaban J connectivity index is 2.05. The molecular formula is C9H13ClN2O3S2. The summed E-state index contributed by atoms with van der Waals surface area (Å²) < 4.78 is 26.5. The number of sulfonamides is 1. The Kier molecular flexibility index (Phi) is 3.74. The Morgan fingerprint density at radius 3 is 2.76 bits per heavy atom. The largest absolute Gasteiger partial charge is 0.391 e. The number of aryl methyl sites for hydroxylation is 1. The zero-order valence-electron chi connectivity index (χ0n) is 9.18. The number of rotatable bonds is 5. The molecule has 96 valence electrons. The molecule has 0 bridgehead atoms. The van der Waals surface area contributed by atoms with Crippen LogP contribution in [0.15, 0.2) is 4.21 Å². The van der Waals surface area contributed by atoms with Crippen molar-refractivity contribution in [2.45, 2.75) is 30.1 Å². The number of aliphatic hydroxyl groups excluding tert-OH is 1. The summed E-state index contributed by atoms with van der Waals surface area (Å²) >= 11 is 6.58. The molecule has 8 heteroatoms. The summed E-state index contributed by atoms with van der Waals surface area (Å²) in [6.45, 7) is 1.64. The third kappa shape index (κ3) is 3.17. The zero-order chi connectivity index (χ0) is 12.6. The standard InChI is InChI=1S/C9H13ClN2O3S2/c1-5-8(16-9(10)12-5)17(14,15)11-4-7(13)6-2-3-6/h6-7,11,13H,2-4H2,1H3. The van der Waals surface area contributed by atoms with Crippen molar-refractivity contribution in [3.05, 3.63) is 10.2 Å². The van der Waals surface area contributed by atoms with Gasteiger partial charge in [0.25, 0.3) is 10.0 Å². The van der Waals surface area contributed by atoms with E-state index in [1.54, 1.807) is 6.92 Å². The average Bonchev–Trinajstić information content (AvgIpc) is 3.01. The molecule has 1 heterocycles. The quantitative estimate of drug-likeness (QED) is 0.854. The molecule has 1 aliphatic rings. The number of hydrogen-bond acceptors (Lipinski definition) is 5. The van der Waals surface area contributed by atoms with Crippen molar-refractivity contribution in [3.8, 4) is 0 Å². The third-order valence-electron chi connectivity index (χ3n) is 2.62. The van der Waals surface area contributed by atoms with Gasteiger partial charge in [-0.15, -0.1) is 0 Å². The first kappa shape index (κ1) is 13.2. The average molecular weight is 297 g/mol. The highest BCUT2D eigenvalue weighted by Gasteiger charge is 2.31. The Morgan fingerprint density at radius 1 is 1.65 bits per heavy atom. The molecule has 1 aromatic heterocycles. The van der Waals surface area contributed by atoms with E-state index in [4.69, 9.17) is 11.6 Å². The number of nitrogens with zero attached hydrogens (tertiary/aromatic N) is 1. The van der Waals surface area contributed by atoms with Crippen molar-refractivity contribution in [3.63, 3.8) is 0 Å². The SMILES string of the molecule is Cc1nc(Cl)sc1S(=O)(=O)NCC(O)C1CC1. The van der Waals surface area contributed by atoms with Crippen LogP contribution >= 0.6 is 22.9 Å². The lowest BCUT2D eigenvalue weighted by molar-refractivity contribution is 0.155. The number of aliphatic hydroxyl groups is 1. The zero-order valence-corrected chi connectivity index (χ0v) is 11.6. The lowest BCUT2D eigenvalue weighted by Gasteiger charge is -2.10. The van der Waals surface area contributed by atoms with Crippen LogP contribution < -0.4 is 4.72 Å². The maximum atomic E-state index is 11.9. The van der Waals surface area contributed by atoms with Crippen molar-refractivity contribution in [1.29, 1.82) is 0 Å². The van der Waals surface area contributed by atoms with Crippen molar-refractivity contribution < 1.29 is 13.5 Å². The van der Waals surface area contributed by atoms with Gasteiger partial charge in [-0.25, -0.2) is 18.1 Å². The van der Waals surface area contributed by atoms with Crippen molar-refractivity contribution in [2.75, 3.05) is 6.54 Å². The van der Waals surface area contributed by atoms with Gasteiger partial charge in [-0.05, 0) is 25.7 Å². The summed E-state index contributed by atoms with van der Waals surface area (Å²) in [7, 11) is -3.61. The topological polar surface area (TPSA) is 79.3 Å².